The average molecular weight is 856 g/mol. The van der Waals surface area contributed by atoms with E-state index < -0.39 is 27.8 Å². The summed E-state index contributed by atoms with van der Waals surface area (Å²) in [5.74, 6) is -0.980. The van der Waals surface area contributed by atoms with Crippen LogP contribution >= 0.6 is 0 Å². The molecule has 16 nitrogen and oxygen atoms in total. The van der Waals surface area contributed by atoms with Crippen LogP contribution in [0.25, 0.3) is 10.9 Å². The lowest BCUT2D eigenvalue weighted by Gasteiger charge is -2.36. The molecule has 61 heavy (non-hydrogen) atoms. The van der Waals surface area contributed by atoms with Crippen LogP contribution in [0, 0.1) is 23.1 Å². The van der Waals surface area contributed by atoms with Crippen LogP contribution in [0.3, 0.4) is 0 Å². The monoisotopic (exact) mass is 855 g/mol. The van der Waals surface area contributed by atoms with Gasteiger partial charge < -0.3 is 15.0 Å². The van der Waals surface area contributed by atoms with Gasteiger partial charge in [-0.05, 0) is 111 Å². The third kappa shape index (κ3) is 10.2. The van der Waals surface area contributed by atoms with Gasteiger partial charge in [-0.15, -0.1) is 0 Å². The van der Waals surface area contributed by atoms with Gasteiger partial charge in [-0.2, -0.15) is 18.0 Å². The predicted octanol–water partition coefficient (Wildman–Crippen LogP) is 4.53. The van der Waals surface area contributed by atoms with Crippen molar-refractivity contribution in [3.8, 4) is 17.6 Å². The molecular weight excluding hydrogens is 806 g/mol. The summed E-state index contributed by atoms with van der Waals surface area (Å²) >= 11 is 0. The fraction of sp³-hybridized carbons (Fsp3) is 0.442. The fourth-order valence-electron chi connectivity index (χ4n) is 8.11. The first-order chi connectivity index (χ1) is 29.3. The number of rotatable bonds is 14. The van der Waals surface area contributed by atoms with E-state index >= 15 is 4.39 Å². The molecule has 0 aliphatic carbocycles. The number of piperidine rings is 3. The molecule has 7 rings (SSSR count). The second-order valence-corrected chi connectivity index (χ2v) is 17.7. The van der Waals surface area contributed by atoms with E-state index in [1.54, 1.807) is 17.6 Å². The van der Waals surface area contributed by atoms with Gasteiger partial charge in [-0.25, -0.2) is 9.37 Å². The molecule has 322 valence electrons. The first kappa shape index (κ1) is 43.2. The van der Waals surface area contributed by atoms with Crippen LogP contribution in [0.2, 0.25) is 0 Å². The highest BCUT2D eigenvalue weighted by Crippen LogP contribution is 2.35. The number of nitriles is 1. The summed E-state index contributed by atoms with van der Waals surface area (Å²) in [7, 11) is -2.64. The number of anilines is 2. The lowest BCUT2D eigenvalue weighted by Crippen LogP contribution is -2.47. The molecule has 4 heterocycles. The Labute approximate surface area is 353 Å². The van der Waals surface area contributed by atoms with Gasteiger partial charge in [0.15, 0.2) is 11.6 Å². The van der Waals surface area contributed by atoms with E-state index in [1.807, 2.05) is 23.1 Å². The number of nitrogens with zero attached hydrogens (tertiary/aromatic N) is 6. The Morgan fingerprint density at radius 2 is 1.75 bits per heavy atom. The number of nitrogens with one attached hydrogen (secondary N) is 3. The number of amides is 3. The van der Waals surface area contributed by atoms with Gasteiger partial charge in [0.25, 0.3) is 5.56 Å². The van der Waals surface area contributed by atoms with Crippen molar-refractivity contribution in [1.82, 2.24) is 29.0 Å². The Morgan fingerprint density at radius 1 is 1.02 bits per heavy atom. The molecule has 3 saturated heterocycles. The van der Waals surface area contributed by atoms with Gasteiger partial charge in [0.05, 0.1) is 29.5 Å². The van der Waals surface area contributed by atoms with Crippen molar-refractivity contribution >= 4 is 50.2 Å². The molecule has 0 bridgehead atoms. The Kier molecular flexibility index (Phi) is 13.3. The molecule has 0 saturated carbocycles. The number of aryl methyl sites for hydroxylation is 1. The average Bonchev–Trinajstić information content (AvgIpc) is 3.26. The molecule has 3 aliphatic rings. The first-order valence-corrected chi connectivity index (χ1v) is 22.1. The molecule has 4 aromatic rings. The maximum Gasteiger partial charge on any atom is 0.301 e. The van der Waals surface area contributed by atoms with Crippen LogP contribution in [-0.2, 0) is 31.1 Å². The second-order valence-electron chi connectivity index (χ2n) is 15.9. The first-order valence-electron chi connectivity index (χ1n) is 20.7. The van der Waals surface area contributed by atoms with E-state index in [1.165, 1.54) is 31.1 Å². The summed E-state index contributed by atoms with van der Waals surface area (Å²) in [5, 5.41) is 15.7. The van der Waals surface area contributed by atoms with E-state index in [-0.39, 0.29) is 52.2 Å². The standard InChI is InChI=1S/C43H50FN9O7S/c1-3-50(2)61(58,59)49-37-11-9-35(44)41(34(37)25-45)60-32-8-10-36-33(24-32)43(57)53(27-46-36)21-16-28-14-19-51(20-15-28)26-40(55)52-22-17-30(18-23-52)29-4-6-31(7-5-29)47-38-12-13-39(54)48-42(38)56/h4-11,24,27-28,30,38,47,49H,3,12-23,26H2,1-2H3,(H,48,54,56). The Morgan fingerprint density at radius 3 is 2.44 bits per heavy atom. The quantitative estimate of drug-likeness (QED) is 0.151. The van der Waals surface area contributed by atoms with Crippen molar-refractivity contribution in [3.63, 3.8) is 0 Å². The molecule has 3 N–H and O–H groups in total. The number of carbonyl (C=O) groups excluding carboxylic acids is 3. The molecule has 18 heteroatoms. The van der Waals surface area contributed by atoms with Crippen molar-refractivity contribution in [1.29, 1.82) is 5.26 Å². The number of benzene rings is 3. The van der Waals surface area contributed by atoms with Crippen LogP contribution in [-0.4, -0.2) is 102 Å². The minimum absolute atomic E-state index is 0.0735. The number of aromatic nitrogens is 2. The van der Waals surface area contributed by atoms with E-state index in [0.717, 1.165) is 67.3 Å². The van der Waals surface area contributed by atoms with Crippen LogP contribution in [0.1, 0.15) is 68.9 Å². The number of hydrogen-bond acceptors (Lipinski definition) is 11. The van der Waals surface area contributed by atoms with Crippen molar-refractivity contribution in [3.05, 3.63) is 88.2 Å². The van der Waals surface area contributed by atoms with Crippen LogP contribution in [0.5, 0.6) is 11.5 Å². The summed E-state index contributed by atoms with van der Waals surface area (Å²) in [6.07, 6.45) is 6.60. The van der Waals surface area contributed by atoms with E-state index in [4.69, 9.17) is 4.74 Å². The summed E-state index contributed by atoms with van der Waals surface area (Å²) < 4.78 is 50.9. The molecule has 0 radical (unpaired) electrons. The van der Waals surface area contributed by atoms with Gasteiger partial charge in [0.2, 0.25) is 17.7 Å². The van der Waals surface area contributed by atoms with Crippen LogP contribution < -0.4 is 25.7 Å². The normalized spacial score (nSPS) is 18.2. The minimum atomic E-state index is -4.01. The molecule has 1 aromatic heterocycles. The Bertz CT molecular complexity index is 2490. The molecule has 3 aromatic carbocycles. The van der Waals surface area contributed by atoms with Gasteiger partial charge in [0.1, 0.15) is 23.4 Å². The van der Waals surface area contributed by atoms with Crippen molar-refractivity contribution in [2.75, 3.05) is 56.4 Å². The highest BCUT2D eigenvalue weighted by atomic mass is 32.2. The molecule has 1 unspecified atom stereocenters. The number of halogens is 1. The van der Waals surface area contributed by atoms with Gasteiger partial charge in [-0.3, -0.25) is 38.7 Å². The highest BCUT2D eigenvalue weighted by molar-refractivity contribution is 7.90. The molecule has 3 amide bonds. The van der Waals surface area contributed by atoms with Gasteiger partial charge >= 0.3 is 10.2 Å². The van der Waals surface area contributed by atoms with E-state index in [2.05, 4.69) is 37.4 Å². The van der Waals surface area contributed by atoms with Crippen LogP contribution in [0.15, 0.2) is 65.7 Å². The smallest absolute Gasteiger partial charge is 0.301 e. The zero-order valence-electron chi connectivity index (χ0n) is 34.2. The fourth-order valence-corrected chi connectivity index (χ4v) is 9.05. The van der Waals surface area contributed by atoms with Crippen LogP contribution in [0.4, 0.5) is 15.8 Å². The maximum atomic E-state index is 15.0. The van der Waals surface area contributed by atoms with Crippen molar-refractivity contribution < 1.29 is 31.9 Å². The Hall–Kier alpha value is -5.90. The summed E-state index contributed by atoms with van der Waals surface area (Å²) in [6.45, 7) is 5.61. The summed E-state index contributed by atoms with van der Waals surface area (Å²) in [6, 6.07) is 16.1. The summed E-state index contributed by atoms with van der Waals surface area (Å²) in [4.78, 5) is 59.1. The number of ether oxygens (including phenoxy) is 1. The minimum Gasteiger partial charge on any atom is -0.453 e. The lowest BCUT2D eigenvalue weighted by atomic mass is 9.89. The van der Waals surface area contributed by atoms with Gasteiger partial charge in [0, 0.05) is 45.3 Å². The highest BCUT2D eigenvalue weighted by Gasteiger charge is 2.29. The molecular formula is C43H50FN9O7S. The third-order valence-corrected chi connectivity index (χ3v) is 13.5. The Balaban J connectivity index is 0.878. The number of likely N-dealkylation sites (tertiary alicyclic amines) is 2. The number of hydrogen-bond donors (Lipinski definition) is 3. The molecule has 1 atom stereocenters. The number of fused-ring (bicyclic) bond motifs is 1. The van der Waals surface area contributed by atoms with Gasteiger partial charge in [-0.1, -0.05) is 19.1 Å². The topological polar surface area (TPSA) is 199 Å². The van der Waals surface area contributed by atoms with E-state index in [9.17, 15) is 32.9 Å². The maximum absolute atomic E-state index is 15.0. The number of carbonyl (C=O) groups is 3. The largest absolute Gasteiger partial charge is 0.453 e. The summed E-state index contributed by atoms with van der Waals surface area (Å²) in [5.41, 5.74) is 1.65. The molecule has 3 aliphatic heterocycles. The zero-order chi connectivity index (χ0) is 43.3. The third-order valence-electron chi connectivity index (χ3n) is 12.0. The van der Waals surface area contributed by atoms with E-state index in [0.29, 0.717) is 56.4 Å². The van der Waals surface area contributed by atoms with Crippen molar-refractivity contribution in [2.24, 2.45) is 5.92 Å². The lowest BCUT2D eigenvalue weighted by molar-refractivity contribution is -0.134. The predicted molar refractivity (Wildman–Crippen MR) is 227 cm³/mol. The zero-order valence-corrected chi connectivity index (χ0v) is 35.0. The molecule has 0 spiro atoms. The SMILES string of the molecule is CCN(C)S(=O)(=O)Nc1ccc(F)c(Oc2ccc3ncn(CCC4CCN(CC(=O)N5CCC(c6ccc(NC7CCC(=O)NC7=O)cc6)CC5)CC4)c(=O)c3c2)c1C#N. The second kappa shape index (κ2) is 18.8. The number of imide groups is 1. The van der Waals surface area contributed by atoms with Crippen molar-refractivity contribution in [2.45, 2.75) is 70.4 Å². The molecule has 3 fully saturated rings.